The summed E-state index contributed by atoms with van der Waals surface area (Å²) >= 11 is -2.47. The van der Waals surface area contributed by atoms with Gasteiger partial charge in [-0.1, -0.05) is 6.42 Å². The van der Waals surface area contributed by atoms with Crippen LogP contribution in [0.1, 0.15) is 19.3 Å². The first kappa shape index (κ1) is 14.0. The fraction of sp³-hybridized carbons (Fsp3) is 1.00. The summed E-state index contributed by atoms with van der Waals surface area (Å²) in [6, 6.07) is 0. The molecular formula is C6H14NO5S2-. The summed E-state index contributed by atoms with van der Waals surface area (Å²) in [6.07, 6.45) is 1.66. The molecule has 0 aliphatic rings. The highest BCUT2D eigenvalue weighted by atomic mass is 32.2. The quantitative estimate of drug-likeness (QED) is 0.459. The van der Waals surface area contributed by atoms with Crippen molar-refractivity contribution in [3.63, 3.8) is 0 Å². The maximum Gasteiger partial charge on any atom is 0.211 e. The Morgan fingerprint density at radius 2 is 2.00 bits per heavy atom. The third-order valence-electron chi connectivity index (χ3n) is 1.55. The van der Waals surface area contributed by atoms with Gasteiger partial charge in [-0.3, -0.25) is 0 Å². The van der Waals surface area contributed by atoms with Crippen LogP contribution in [0.2, 0.25) is 0 Å². The van der Waals surface area contributed by atoms with E-state index < -0.39 is 21.4 Å². The molecule has 1 N–H and O–H groups in total. The SMILES string of the molecule is CNS(=O)(=O)CCCCCOS(=O)[O-]. The Hall–Kier alpha value is -0.0200. The van der Waals surface area contributed by atoms with E-state index in [0.29, 0.717) is 19.3 Å². The highest BCUT2D eigenvalue weighted by Crippen LogP contribution is 1.99. The minimum atomic E-state index is -3.14. The molecule has 0 aliphatic carbocycles. The van der Waals surface area contributed by atoms with Gasteiger partial charge in [0.25, 0.3) is 0 Å². The van der Waals surface area contributed by atoms with Gasteiger partial charge in [-0.05, 0) is 19.9 Å². The van der Waals surface area contributed by atoms with Gasteiger partial charge in [0, 0.05) is 0 Å². The maximum absolute atomic E-state index is 10.9. The maximum atomic E-state index is 10.9. The van der Waals surface area contributed by atoms with Crippen LogP contribution in [-0.2, 0) is 25.6 Å². The van der Waals surface area contributed by atoms with Crippen LogP contribution in [-0.4, -0.2) is 36.6 Å². The van der Waals surface area contributed by atoms with Crippen molar-refractivity contribution < 1.29 is 21.4 Å². The summed E-state index contributed by atoms with van der Waals surface area (Å²) in [7, 11) is -1.78. The van der Waals surface area contributed by atoms with E-state index in [2.05, 4.69) is 8.91 Å². The van der Waals surface area contributed by atoms with Crippen LogP contribution in [0.3, 0.4) is 0 Å². The minimum absolute atomic E-state index is 0.0595. The largest absolute Gasteiger partial charge is 0.750 e. The first-order chi connectivity index (χ1) is 6.48. The van der Waals surface area contributed by atoms with Crippen molar-refractivity contribution in [1.29, 1.82) is 0 Å². The van der Waals surface area contributed by atoms with E-state index >= 15 is 0 Å². The molecule has 0 aromatic heterocycles. The van der Waals surface area contributed by atoms with Gasteiger partial charge in [-0.25, -0.2) is 17.3 Å². The summed E-state index contributed by atoms with van der Waals surface area (Å²) in [6.45, 7) is 0.107. The van der Waals surface area contributed by atoms with Crippen molar-refractivity contribution in [3.05, 3.63) is 0 Å². The van der Waals surface area contributed by atoms with Gasteiger partial charge in [-0.15, -0.1) is 0 Å². The van der Waals surface area contributed by atoms with Crippen LogP contribution in [0.5, 0.6) is 0 Å². The zero-order chi connectivity index (χ0) is 11.0. The summed E-state index contributed by atoms with van der Waals surface area (Å²) in [5.74, 6) is 0.0595. The van der Waals surface area contributed by atoms with Gasteiger partial charge in [-0.2, -0.15) is 0 Å². The van der Waals surface area contributed by atoms with Crippen LogP contribution in [0, 0.1) is 0 Å². The van der Waals surface area contributed by atoms with E-state index in [1.807, 2.05) is 0 Å². The fourth-order valence-corrected chi connectivity index (χ4v) is 1.84. The van der Waals surface area contributed by atoms with E-state index in [-0.39, 0.29) is 12.4 Å². The second-order valence-corrected chi connectivity index (χ2v) is 5.30. The topological polar surface area (TPSA) is 95.5 Å². The number of sulfonamides is 1. The highest BCUT2D eigenvalue weighted by Gasteiger charge is 2.05. The second kappa shape index (κ2) is 7.30. The normalized spacial score (nSPS) is 14.1. The zero-order valence-electron chi connectivity index (χ0n) is 7.89. The average molecular weight is 244 g/mol. The van der Waals surface area contributed by atoms with Crippen molar-refractivity contribution >= 4 is 21.4 Å². The van der Waals surface area contributed by atoms with Crippen LogP contribution in [0.25, 0.3) is 0 Å². The Morgan fingerprint density at radius 3 is 2.50 bits per heavy atom. The molecule has 0 fully saturated rings. The van der Waals surface area contributed by atoms with E-state index in [4.69, 9.17) is 0 Å². The van der Waals surface area contributed by atoms with Gasteiger partial charge in [0.2, 0.25) is 10.0 Å². The molecule has 0 saturated carbocycles. The number of hydrogen-bond donors (Lipinski definition) is 1. The number of unbranched alkanes of at least 4 members (excludes halogenated alkanes) is 2. The molecule has 0 aliphatic heterocycles. The van der Waals surface area contributed by atoms with Gasteiger partial charge in [0.15, 0.2) is 0 Å². The number of nitrogens with one attached hydrogen (secondary N) is 1. The van der Waals surface area contributed by atoms with E-state index in [0.717, 1.165) is 0 Å². The third kappa shape index (κ3) is 8.57. The molecule has 1 unspecified atom stereocenters. The Morgan fingerprint density at radius 1 is 1.36 bits per heavy atom. The molecule has 0 aromatic rings. The van der Waals surface area contributed by atoms with Gasteiger partial charge < -0.3 is 8.74 Å². The summed E-state index contributed by atoms with van der Waals surface area (Å²) in [5, 5.41) is 0. The molecule has 0 spiro atoms. The van der Waals surface area contributed by atoms with E-state index in [9.17, 15) is 17.2 Å². The fourth-order valence-electron chi connectivity index (χ4n) is 0.800. The molecule has 0 rings (SSSR count). The molecule has 0 saturated heterocycles. The summed E-state index contributed by atoms with van der Waals surface area (Å²) in [4.78, 5) is 0. The Balaban J connectivity index is 3.35. The lowest BCUT2D eigenvalue weighted by Gasteiger charge is -2.05. The smallest absolute Gasteiger partial charge is 0.211 e. The molecule has 0 aromatic carbocycles. The van der Waals surface area contributed by atoms with Crippen LogP contribution >= 0.6 is 0 Å². The first-order valence-electron chi connectivity index (χ1n) is 4.11. The molecule has 6 nitrogen and oxygen atoms in total. The molecular weight excluding hydrogens is 230 g/mol. The monoisotopic (exact) mass is 244 g/mol. The molecule has 0 amide bonds. The second-order valence-electron chi connectivity index (χ2n) is 2.61. The lowest BCUT2D eigenvalue weighted by atomic mass is 10.3. The number of rotatable bonds is 8. The van der Waals surface area contributed by atoms with Crippen LogP contribution in [0.4, 0.5) is 0 Å². The zero-order valence-corrected chi connectivity index (χ0v) is 9.53. The van der Waals surface area contributed by atoms with Crippen LogP contribution in [0.15, 0.2) is 0 Å². The predicted octanol–water partition coefficient (Wildman–Crippen LogP) is -0.483. The minimum Gasteiger partial charge on any atom is -0.750 e. The molecule has 0 radical (unpaired) electrons. The molecule has 8 heteroatoms. The van der Waals surface area contributed by atoms with E-state index in [1.165, 1.54) is 7.05 Å². The predicted molar refractivity (Wildman–Crippen MR) is 51.6 cm³/mol. The van der Waals surface area contributed by atoms with Crippen molar-refractivity contribution in [1.82, 2.24) is 4.72 Å². The molecule has 0 bridgehead atoms. The molecule has 1 atom stereocenters. The lowest BCUT2D eigenvalue weighted by molar-refractivity contribution is 0.292. The van der Waals surface area contributed by atoms with Crippen molar-refractivity contribution in [2.45, 2.75) is 19.3 Å². The molecule has 0 heterocycles. The Kier molecular flexibility index (Phi) is 7.28. The standard InChI is InChI=1S/C6H15NO5S2/c1-7-14(10,11)6-4-2-3-5-12-13(8)9/h7H,2-6H2,1H3,(H,8,9)/p-1. The Bertz CT molecular complexity index is 263. The summed E-state index contributed by atoms with van der Waals surface area (Å²) < 4.78 is 48.1. The van der Waals surface area contributed by atoms with Crippen LogP contribution < -0.4 is 4.72 Å². The van der Waals surface area contributed by atoms with Gasteiger partial charge in [0.1, 0.15) is 0 Å². The van der Waals surface area contributed by atoms with E-state index in [1.54, 1.807) is 0 Å². The third-order valence-corrected chi connectivity index (χ3v) is 3.36. The van der Waals surface area contributed by atoms with Crippen molar-refractivity contribution in [3.8, 4) is 0 Å². The van der Waals surface area contributed by atoms with Crippen molar-refractivity contribution in [2.24, 2.45) is 0 Å². The van der Waals surface area contributed by atoms with Gasteiger partial charge in [0.05, 0.1) is 23.7 Å². The van der Waals surface area contributed by atoms with Gasteiger partial charge >= 0.3 is 0 Å². The van der Waals surface area contributed by atoms with Crippen molar-refractivity contribution in [2.75, 3.05) is 19.4 Å². The molecule has 14 heavy (non-hydrogen) atoms. The highest BCUT2D eigenvalue weighted by molar-refractivity contribution is 7.89. The average Bonchev–Trinajstić information content (AvgIpc) is 2.10. The number of hydrogen-bond acceptors (Lipinski definition) is 5. The first-order valence-corrected chi connectivity index (χ1v) is 6.77. The molecule has 86 valence electrons. The lowest BCUT2D eigenvalue weighted by Crippen LogP contribution is -2.21. The Labute approximate surface area is 86.6 Å². The summed E-state index contributed by atoms with van der Waals surface area (Å²) in [5.41, 5.74) is 0.